The highest BCUT2D eigenvalue weighted by Gasteiger charge is 2.69. The summed E-state index contributed by atoms with van der Waals surface area (Å²) >= 11 is 0. The predicted octanol–water partition coefficient (Wildman–Crippen LogP) is 4.35. The van der Waals surface area contributed by atoms with Crippen LogP contribution in [-0.2, 0) is 24.0 Å². The van der Waals surface area contributed by atoms with Crippen LogP contribution in [0.5, 0.6) is 0 Å². The molecule has 0 aromatic carbocycles. The number of rotatable bonds is 11. The monoisotopic (exact) mass is 516 g/mol. The van der Waals surface area contributed by atoms with E-state index in [1.54, 1.807) is 4.90 Å². The second kappa shape index (κ2) is 10.3. The van der Waals surface area contributed by atoms with Gasteiger partial charge in [-0.2, -0.15) is 0 Å². The lowest BCUT2D eigenvalue weighted by atomic mass is 9.74. The molecule has 0 radical (unpaired) electrons. The first-order valence-electron chi connectivity index (χ1n) is 14.0. The summed E-state index contributed by atoms with van der Waals surface area (Å²) < 4.78 is 0. The summed E-state index contributed by atoms with van der Waals surface area (Å²) in [6, 6.07) is -0.625. The molecule has 2 N–H and O–H groups in total. The molecule has 208 valence electrons. The standard InChI is InChI=1S/C30H48N2O5/c1-28(2,3)15-19(33)14-20(29(4,5)6)27(37)32-16-21-23(30(21,7)8)24(32)22(34)13-18(25(35)26(31)36)12-17-10-9-11-17/h17-18,20-21,23-24H,9-16H2,1-8H3,(H2,31,36)/t18-,20-,21?,23?,24-/m1/s1. The number of carbonyl (C=O) groups is 5. The van der Waals surface area contributed by atoms with Crippen molar-refractivity contribution in [1.29, 1.82) is 0 Å². The maximum absolute atomic E-state index is 14.0. The Morgan fingerprint density at radius 2 is 1.57 bits per heavy atom. The van der Waals surface area contributed by atoms with E-state index in [-0.39, 0.29) is 53.0 Å². The molecule has 0 bridgehead atoms. The van der Waals surface area contributed by atoms with Crippen LogP contribution in [0.25, 0.3) is 0 Å². The van der Waals surface area contributed by atoms with E-state index in [4.69, 9.17) is 5.73 Å². The molecule has 1 heterocycles. The van der Waals surface area contributed by atoms with Crippen LogP contribution >= 0.6 is 0 Å². The summed E-state index contributed by atoms with van der Waals surface area (Å²) in [6.45, 7) is 16.7. The van der Waals surface area contributed by atoms with Crippen molar-refractivity contribution in [3.63, 3.8) is 0 Å². The van der Waals surface area contributed by atoms with Crippen LogP contribution in [0.3, 0.4) is 0 Å². The SMILES string of the molecule is CC(C)(C)CC(=O)C[C@H](C(=O)N1CC2C([C@H]1C(=O)C[C@@H](CC1CCC1)C(=O)C(N)=O)C2(C)C)C(C)(C)C. The Morgan fingerprint density at radius 1 is 0.973 bits per heavy atom. The zero-order valence-corrected chi connectivity index (χ0v) is 24.2. The third-order valence-electron chi connectivity index (χ3n) is 9.23. The highest BCUT2D eigenvalue weighted by molar-refractivity contribution is 6.36. The highest BCUT2D eigenvalue weighted by Crippen LogP contribution is 2.65. The number of nitrogens with zero attached hydrogens (tertiary/aromatic N) is 1. The minimum Gasteiger partial charge on any atom is -0.363 e. The van der Waals surface area contributed by atoms with Crippen molar-refractivity contribution in [2.24, 2.45) is 51.6 Å². The Balaban J connectivity index is 1.83. The molecule has 2 saturated carbocycles. The number of nitrogens with two attached hydrogens (primary N) is 1. The number of hydrogen-bond acceptors (Lipinski definition) is 5. The molecule has 2 amide bonds. The zero-order valence-electron chi connectivity index (χ0n) is 24.2. The van der Waals surface area contributed by atoms with Crippen molar-refractivity contribution in [1.82, 2.24) is 4.90 Å². The van der Waals surface area contributed by atoms with Gasteiger partial charge in [0.05, 0.1) is 6.04 Å². The molecule has 1 aliphatic heterocycles. The number of Topliss-reactive ketones (excluding diaryl/α,β-unsaturated/α-hetero) is 3. The molecule has 1 saturated heterocycles. The number of amides is 2. The number of ketones is 3. The van der Waals surface area contributed by atoms with Crippen LogP contribution in [0.4, 0.5) is 0 Å². The van der Waals surface area contributed by atoms with Crippen LogP contribution in [0.2, 0.25) is 0 Å². The minimum atomic E-state index is -0.994. The van der Waals surface area contributed by atoms with Gasteiger partial charge in [-0.15, -0.1) is 0 Å². The highest BCUT2D eigenvalue weighted by atomic mass is 16.2. The first-order chi connectivity index (χ1) is 16.8. The number of piperidine rings is 1. The molecular weight excluding hydrogens is 468 g/mol. The maximum Gasteiger partial charge on any atom is 0.285 e. The van der Waals surface area contributed by atoms with Gasteiger partial charge in [-0.05, 0) is 40.4 Å². The van der Waals surface area contributed by atoms with Gasteiger partial charge in [-0.25, -0.2) is 0 Å². The second-order valence-electron chi connectivity index (χ2n) is 14.9. The van der Waals surface area contributed by atoms with Crippen molar-refractivity contribution < 1.29 is 24.0 Å². The van der Waals surface area contributed by atoms with E-state index >= 15 is 0 Å². The average molecular weight is 517 g/mol. The molecule has 3 aliphatic rings. The van der Waals surface area contributed by atoms with E-state index in [1.807, 2.05) is 41.5 Å². The zero-order chi connectivity index (χ0) is 28.1. The summed E-state index contributed by atoms with van der Waals surface area (Å²) in [4.78, 5) is 66.9. The quantitative estimate of drug-likeness (QED) is 0.410. The van der Waals surface area contributed by atoms with E-state index < -0.39 is 35.0 Å². The van der Waals surface area contributed by atoms with Crippen LogP contribution in [0.15, 0.2) is 0 Å². The van der Waals surface area contributed by atoms with Gasteiger partial charge < -0.3 is 10.6 Å². The summed E-state index contributed by atoms with van der Waals surface area (Å²) in [5.74, 6) is -2.58. The number of likely N-dealkylation sites (tertiary alicyclic amines) is 1. The molecule has 0 aromatic heterocycles. The van der Waals surface area contributed by atoms with Gasteiger partial charge >= 0.3 is 0 Å². The molecule has 2 unspecified atom stereocenters. The van der Waals surface area contributed by atoms with Crippen LogP contribution in [-0.4, -0.2) is 46.7 Å². The Labute approximate surface area is 222 Å². The van der Waals surface area contributed by atoms with Gasteiger partial charge in [0.2, 0.25) is 11.7 Å². The van der Waals surface area contributed by atoms with Gasteiger partial charge in [0, 0.05) is 37.6 Å². The van der Waals surface area contributed by atoms with Gasteiger partial charge in [0.25, 0.3) is 5.91 Å². The third kappa shape index (κ3) is 6.51. The summed E-state index contributed by atoms with van der Waals surface area (Å²) in [5, 5.41) is 0. The van der Waals surface area contributed by atoms with E-state index in [0.717, 1.165) is 19.3 Å². The Kier molecular flexibility index (Phi) is 8.18. The third-order valence-corrected chi connectivity index (χ3v) is 9.23. The minimum absolute atomic E-state index is 0.0304. The first-order valence-corrected chi connectivity index (χ1v) is 14.0. The van der Waals surface area contributed by atoms with E-state index in [2.05, 4.69) is 13.8 Å². The molecule has 5 atom stereocenters. The molecular formula is C30H48N2O5. The van der Waals surface area contributed by atoms with Gasteiger partial charge in [0.15, 0.2) is 5.78 Å². The van der Waals surface area contributed by atoms with Crippen molar-refractivity contribution in [3.05, 3.63) is 0 Å². The molecule has 7 heteroatoms. The average Bonchev–Trinajstić information content (AvgIpc) is 3.06. The lowest BCUT2D eigenvalue weighted by Crippen LogP contribution is -2.51. The second-order valence-corrected chi connectivity index (χ2v) is 14.9. The van der Waals surface area contributed by atoms with E-state index in [1.165, 1.54) is 0 Å². The van der Waals surface area contributed by atoms with Crippen LogP contribution < -0.4 is 5.73 Å². The largest absolute Gasteiger partial charge is 0.363 e. The lowest BCUT2D eigenvalue weighted by molar-refractivity contribution is -0.148. The molecule has 7 nitrogen and oxygen atoms in total. The van der Waals surface area contributed by atoms with Crippen molar-refractivity contribution >= 4 is 29.2 Å². The number of carbonyl (C=O) groups excluding carboxylic acids is 5. The fourth-order valence-electron chi connectivity index (χ4n) is 6.72. The molecule has 0 spiro atoms. The van der Waals surface area contributed by atoms with E-state index in [0.29, 0.717) is 25.3 Å². The Morgan fingerprint density at radius 3 is 2.03 bits per heavy atom. The number of primary amides is 1. The van der Waals surface area contributed by atoms with E-state index in [9.17, 15) is 24.0 Å². The molecule has 3 rings (SSSR count). The van der Waals surface area contributed by atoms with Crippen LogP contribution in [0.1, 0.15) is 100 Å². The summed E-state index contributed by atoms with van der Waals surface area (Å²) in [6.07, 6.45) is 4.08. The lowest BCUT2D eigenvalue weighted by Gasteiger charge is -2.38. The van der Waals surface area contributed by atoms with Gasteiger partial charge in [-0.3, -0.25) is 24.0 Å². The van der Waals surface area contributed by atoms with Crippen molar-refractivity contribution in [2.75, 3.05) is 6.54 Å². The molecule has 0 aromatic rings. The summed E-state index contributed by atoms with van der Waals surface area (Å²) in [5.41, 5.74) is 4.66. The predicted molar refractivity (Wildman–Crippen MR) is 142 cm³/mol. The van der Waals surface area contributed by atoms with Gasteiger partial charge in [-0.1, -0.05) is 74.7 Å². The first kappa shape index (κ1) is 29.5. The van der Waals surface area contributed by atoms with Crippen molar-refractivity contribution in [3.8, 4) is 0 Å². The fraction of sp³-hybridized carbons (Fsp3) is 0.833. The molecule has 3 fully saturated rings. The topological polar surface area (TPSA) is 115 Å². The normalized spacial score (nSPS) is 26.6. The molecule has 37 heavy (non-hydrogen) atoms. The smallest absolute Gasteiger partial charge is 0.285 e. The van der Waals surface area contributed by atoms with Crippen LogP contribution in [0, 0.1) is 45.8 Å². The number of hydrogen-bond donors (Lipinski definition) is 1. The number of fused-ring (bicyclic) bond motifs is 1. The summed E-state index contributed by atoms with van der Waals surface area (Å²) in [7, 11) is 0. The van der Waals surface area contributed by atoms with Gasteiger partial charge in [0.1, 0.15) is 5.78 Å². The van der Waals surface area contributed by atoms with Crippen molar-refractivity contribution in [2.45, 2.75) is 106 Å². The Hall–Kier alpha value is -2.05. The fourth-order valence-corrected chi connectivity index (χ4v) is 6.72. The maximum atomic E-state index is 14.0. The molecule has 2 aliphatic carbocycles. The Bertz CT molecular complexity index is 950.